The van der Waals surface area contributed by atoms with Crippen molar-refractivity contribution in [1.82, 2.24) is 15.3 Å². The Balaban J connectivity index is 1.58. The molecule has 0 saturated heterocycles. The maximum Gasteiger partial charge on any atom is 0.280 e. The summed E-state index contributed by atoms with van der Waals surface area (Å²) in [4.78, 5) is 31.7. The second kappa shape index (κ2) is 14.6. The van der Waals surface area contributed by atoms with E-state index in [4.69, 9.17) is 4.98 Å². The minimum Gasteiger partial charge on any atom is -0.353 e. The Hall–Kier alpha value is -4.78. The van der Waals surface area contributed by atoms with E-state index in [2.05, 4.69) is 17.2 Å². The lowest BCUT2D eigenvalue weighted by Crippen LogP contribution is -2.21. The number of nitrogens with one attached hydrogen (secondary N) is 2. The van der Waals surface area contributed by atoms with Crippen molar-refractivity contribution in [2.45, 2.75) is 46.0 Å². The maximum absolute atomic E-state index is 12.2. The van der Waals surface area contributed by atoms with Crippen molar-refractivity contribution in [1.29, 1.82) is 0 Å². The Kier molecular flexibility index (Phi) is 10.4. The zero-order valence-corrected chi connectivity index (χ0v) is 23.6. The van der Waals surface area contributed by atoms with Crippen molar-refractivity contribution in [3.8, 4) is 33.9 Å². The second-order valence-corrected chi connectivity index (χ2v) is 9.87. The van der Waals surface area contributed by atoms with Gasteiger partial charge in [-0.1, -0.05) is 105 Å². The normalized spacial score (nSPS) is 11.4. The van der Waals surface area contributed by atoms with Gasteiger partial charge < -0.3 is 10.3 Å². The lowest BCUT2D eigenvalue weighted by molar-refractivity contribution is -0.384. The number of amides is 1. The molecular formula is C34H36N4O3. The highest BCUT2D eigenvalue weighted by atomic mass is 16.6. The van der Waals surface area contributed by atoms with Gasteiger partial charge in [0.1, 0.15) is 5.82 Å². The molecule has 0 saturated carbocycles. The van der Waals surface area contributed by atoms with Gasteiger partial charge in [-0.3, -0.25) is 14.9 Å². The van der Waals surface area contributed by atoms with E-state index in [0.29, 0.717) is 23.6 Å². The van der Waals surface area contributed by atoms with Crippen molar-refractivity contribution in [2.24, 2.45) is 0 Å². The van der Waals surface area contributed by atoms with E-state index >= 15 is 0 Å². The Morgan fingerprint density at radius 3 is 2.24 bits per heavy atom. The number of H-pyrrole nitrogens is 1. The van der Waals surface area contributed by atoms with Crippen molar-refractivity contribution >= 4 is 23.7 Å². The molecule has 0 bridgehead atoms. The third-order valence-electron chi connectivity index (χ3n) is 6.81. The molecule has 41 heavy (non-hydrogen) atoms. The number of nitro groups is 1. The molecule has 0 aliphatic carbocycles. The van der Waals surface area contributed by atoms with Crippen molar-refractivity contribution in [3.05, 3.63) is 106 Å². The molecule has 0 spiro atoms. The molecule has 0 unspecified atom stereocenters. The maximum atomic E-state index is 12.2. The minimum absolute atomic E-state index is 0.0116. The number of aromatic nitrogens is 2. The van der Waals surface area contributed by atoms with Crippen LogP contribution in [-0.2, 0) is 4.79 Å². The number of hydrogen-bond acceptors (Lipinski definition) is 4. The zero-order valence-electron chi connectivity index (χ0n) is 23.6. The number of rotatable bonds is 13. The molecule has 0 radical (unpaired) electrons. The average Bonchev–Trinajstić information content (AvgIpc) is 3.44. The number of nitrogens with zero attached hydrogens (tertiary/aromatic N) is 2. The summed E-state index contributed by atoms with van der Waals surface area (Å²) in [6.07, 6.45) is 13.1. The van der Waals surface area contributed by atoms with Gasteiger partial charge in [0.15, 0.2) is 0 Å². The first-order valence-corrected chi connectivity index (χ1v) is 14.1. The number of benzene rings is 3. The number of aromatic amines is 1. The predicted octanol–water partition coefficient (Wildman–Crippen LogP) is 8.45. The number of hydrogen-bond donors (Lipinski definition) is 2. The van der Waals surface area contributed by atoms with Crippen LogP contribution in [0.5, 0.6) is 0 Å². The molecule has 0 fully saturated rings. The van der Waals surface area contributed by atoms with E-state index in [0.717, 1.165) is 40.8 Å². The van der Waals surface area contributed by atoms with Gasteiger partial charge >= 0.3 is 0 Å². The largest absolute Gasteiger partial charge is 0.353 e. The van der Waals surface area contributed by atoms with Gasteiger partial charge in [0.2, 0.25) is 5.91 Å². The average molecular weight is 549 g/mol. The van der Waals surface area contributed by atoms with E-state index < -0.39 is 4.92 Å². The van der Waals surface area contributed by atoms with Crippen LogP contribution in [0.15, 0.2) is 84.9 Å². The Labute approximate surface area is 241 Å². The number of para-hydroxylation sites is 1. The van der Waals surface area contributed by atoms with Crippen LogP contribution < -0.4 is 5.32 Å². The quantitative estimate of drug-likeness (QED) is 0.0757. The Bertz CT molecular complexity index is 1520. The molecule has 210 valence electrons. The Morgan fingerprint density at radius 1 is 0.902 bits per heavy atom. The number of allylic oxidation sites excluding steroid dienone is 1. The van der Waals surface area contributed by atoms with E-state index in [1.165, 1.54) is 25.3 Å². The van der Waals surface area contributed by atoms with E-state index in [1.54, 1.807) is 30.4 Å². The zero-order chi connectivity index (χ0) is 29.0. The van der Waals surface area contributed by atoms with Crippen LogP contribution in [-0.4, -0.2) is 27.3 Å². The number of carbonyl (C=O) groups excluding carboxylic acids is 1. The van der Waals surface area contributed by atoms with Gasteiger partial charge in [0.05, 0.1) is 21.9 Å². The monoisotopic (exact) mass is 548 g/mol. The number of unbranched alkanes of at least 4 members (excludes halogenated alkanes) is 4. The summed E-state index contributed by atoms with van der Waals surface area (Å²) in [7, 11) is 0. The summed E-state index contributed by atoms with van der Waals surface area (Å²) in [5.41, 5.74) is 5.61. The molecule has 2 N–H and O–H groups in total. The van der Waals surface area contributed by atoms with Gasteiger partial charge in [-0.05, 0) is 36.6 Å². The molecule has 0 aliphatic heterocycles. The summed E-state index contributed by atoms with van der Waals surface area (Å²) in [6.45, 7) is 4.85. The molecule has 0 aliphatic rings. The number of nitro benzene ring substituents is 1. The fraction of sp³-hybridized carbons (Fsp3) is 0.235. The summed E-state index contributed by atoms with van der Waals surface area (Å²) in [5.74, 6) is 0.324. The molecule has 4 aromatic rings. The molecule has 4 rings (SSSR count). The van der Waals surface area contributed by atoms with Crippen LogP contribution in [0.3, 0.4) is 0 Å². The van der Waals surface area contributed by atoms with Crippen LogP contribution >= 0.6 is 0 Å². The second-order valence-electron chi connectivity index (χ2n) is 9.87. The Morgan fingerprint density at radius 2 is 1.56 bits per heavy atom. The fourth-order valence-corrected chi connectivity index (χ4v) is 4.63. The van der Waals surface area contributed by atoms with E-state index in [-0.39, 0.29) is 11.6 Å². The molecule has 7 heteroatoms. The summed E-state index contributed by atoms with van der Waals surface area (Å²) >= 11 is 0. The molecule has 1 amide bonds. The predicted molar refractivity (Wildman–Crippen MR) is 167 cm³/mol. The van der Waals surface area contributed by atoms with Crippen molar-refractivity contribution in [3.63, 3.8) is 0 Å². The topological polar surface area (TPSA) is 101 Å². The smallest absolute Gasteiger partial charge is 0.280 e. The van der Waals surface area contributed by atoms with Gasteiger partial charge in [0.25, 0.3) is 5.69 Å². The van der Waals surface area contributed by atoms with Crippen LogP contribution in [0.4, 0.5) is 5.69 Å². The molecule has 7 nitrogen and oxygen atoms in total. The summed E-state index contributed by atoms with van der Waals surface area (Å²) in [5, 5.41) is 14.7. The first-order valence-electron chi connectivity index (χ1n) is 14.1. The van der Waals surface area contributed by atoms with Gasteiger partial charge in [-0.25, -0.2) is 4.98 Å². The highest BCUT2D eigenvalue weighted by Gasteiger charge is 2.21. The SMILES string of the molecule is C/C=C/c1ccc(-c2[nH]c(-c3ccccc3[N+](=O)[O-])nc2-c2ccc(/C=C/C(=O)NCCCCCCC)cc2)cc1. The molecule has 1 heterocycles. The lowest BCUT2D eigenvalue weighted by atomic mass is 10.0. The van der Waals surface area contributed by atoms with Crippen LogP contribution in [0.25, 0.3) is 46.1 Å². The van der Waals surface area contributed by atoms with Gasteiger partial charge in [-0.2, -0.15) is 0 Å². The van der Waals surface area contributed by atoms with Crippen molar-refractivity contribution in [2.75, 3.05) is 6.54 Å². The van der Waals surface area contributed by atoms with Gasteiger partial charge in [0, 0.05) is 29.8 Å². The van der Waals surface area contributed by atoms with Crippen LogP contribution in [0, 0.1) is 10.1 Å². The molecule has 1 aromatic heterocycles. The number of carbonyl (C=O) groups is 1. The van der Waals surface area contributed by atoms with Crippen molar-refractivity contribution < 1.29 is 9.72 Å². The third kappa shape index (κ3) is 7.88. The van der Waals surface area contributed by atoms with E-state index in [9.17, 15) is 14.9 Å². The molecule has 0 atom stereocenters. The molecular weight excluding hydrogens is 512 g/mol. The highest BCUT2D eigenvalue weighted by Crippen LogP contribution is 2.36. The fourth-order valence-electron chi connectivity index (χ4n) is 4.63. The number of imidazole rings is 1. The highest BCUT2D eigenvalue weighted by molar-refractivity contribution is 5.92. The molecule has 3 aromatic carbocycles. The van der Waals surface area contributed by atoms with Gasteiger partial charge in [-0.15, -0.1) is 0 Å². The summed E-state index contributed by atoms with van der Waals surface area (Å²) < 4.78 is 0. The first-order chi connectivity index (χ1) is 20.0. The standard InChI is InChI=1S/C34H36N4O3/c1-3-5-6-7-10-24-35-31(39)23-18-26-16-21-28(22-17-26)33-32(27-19-14-25(11-4-2)15-20-27)36-34(37-33)29-12-8-9-13-30(29)38(40)41/h4,8-9,11-23H,3,5-7,10,24H2,1-2H3,(H,35,39)(H,36,37)/b11-4+,23-18+. The van der Waals surface area contributed by atoms with Crippen LogP contribution in [0.2, 0.25) is 0 Å². The lowest BCUT2D eigenvalue weighted by Gasteiger charge is -2.05. The summed E-state index contributed by atoms with van der Waals surface area (Å²) in [6, 6.07) is 22.4. The van der Waals surface area contributed by atoms with Crippen LogP contribution in [0.1, 0.15) is 57.1 Å². The third-order valence-corrected chi connectivity index (χ3v) is 6.81. The first kappa shape index (κ1) is 29.2. The minimum atomic E-state index is -0.396. The van der Waals surface area contributed by atoms with E-state index in [1.807, 2.05) is 67.6 Å².